The van der Waals surface area contributed by atoms with Crippen LogP contribution in [0.15, 0.2) is 12.2 Å². The Morgan fingerprint density at radius 1 is 1.08 bits per heavy atom. The lowest BCUT2D eigenvalue weighted by Crippen LogP contribution is -2.16. The molecule has 5 nitrogen and oxygen atoms in total. The largest absolute Gasteiger partial charge is 0.465 e. The lowest BCUT2D eigenvalue weighted by atomic mass is 10.1. The molecule has 2 atom stereocenters. The van der Waals surface area contributed by atoms with Gasteiger partial charge in [0, 0.05) is 12.3 Å². The zero-order valence-electron chi connectivity index (χ0n) is 16.4. The van der Waals surface area contributed by atoms with Gasteiger partial charge in [0.25, 0.3) is 0 Å². The lowest BCUT2D eigenvalue weighted by molar-refractivity contribution is -0.145. The van der Waals surface area contributed by atoms with Gasteiger partial charge >= 0.3 is 13.6 Å². The highest BCUT2D eigenvalue weighted by atomic mass is 31.2. The van der Waals surface area contributed by atoms with Crippen molar-refractivity contribution in [3.63, 3.8) is 0 Å². The van der Waals surface area contributed by atoms with Crippen LogP contribution < -0.4 is 0 Å². The monoisotopic (exact) mass is 388 g/mol. The molecule has 1 N–H and O–H groups in total. The van der Waals surface area contributed by atoms with Crippen LogP contribution in [-0.4, -0.2) is 30.2 Å². The van der Waals surface area contributed by atoms with Crippen LogP contribution in [0.25, 0.3) is 0 Å². The molecule has 1 fully saturated rings. The summed E-state index contributed by atoms with van der Waals surface area (Å²) in [4.78, 5) is 20.9. The first-order valence-corrected chi connectivity index (χ1v) is 12.1. The maximum absolute atomic E-state index is 11.7. The van der Waals surface area contributed by atoms with Gasteiger partial charge in [-0.3, -0.25) is 9.36 Å². The first-order chi connectivity index (χ1) is 12.5. The summed E-state index contributed by atoms with van der Waals surface area (Å²) in [5, 5.41) is 0. The van der Waals surface area contributed by atoms with E-state index in [1.54, 1.807) is 0 Å². The van der Waals surface area contributed by atoms with E-state index in [0.717, 1.165) is 25.7 Å². The predicted molar refractivity (Wildman–Crippen MR) is 105 cm³/mol. The molecule has 1 aliphatic heterocycles. The second kappa shape index (κ2) is 14.4. The standard InChI is InChI=1S/C20H37O5P/c1-2-3-4-5-6-7-8-9-10-11-12-13-14-15-20(21)24-16-19-17-25-26(22,23)18-19/h7-8,19H,2-6,9-18H2,1H3,(H,22,23)/b8-7-. The van der Waals surface area contributed by atoms with Gasteiger partial charge in [0.15, 0.2) is 0 Å². The van der Waals surface area contributed by atoms with Gasteiger partial charge in [0.1, 0.15) is 0 Å². The number of esters is 1. The number of rotatable bonds is 15. The van der Waals surface area contributed by atoms with Crippen LogP contribution in [0.2, 0.25) is 0 Å². The molecule has 0 radical (unpaired) electrons. The van der Waals surface area contributed by atoms with Gasteiger partial charge in [-0.25, -0.2) is 0 Å². The molecular formula is C20H37O5P. The Bertz CT molecular complexity index is 449. The second-order valence-corrected chi connectivity index (χ2v) is 9.19. The van der Waals surface area contributed by atoms with Crippen LogP contribution in [0.4, 0.5) is 0 Å². The van der Waals surface area contributed by atoms with Crippen LogP contribution in [0.3, 0.4) is 0 Å². The zero-order valence-corrected chi connectivity index (χ0v) is 17.3. The van der Waals surface area contributed by atoms with Gasteiger partial charge in [0.2, 0.25) is 0 Å². The van der Waals surface area contributed by atoms with Gasteiger partial charge in [-0.2, -0.15) is 0 Å². The molecule has 0 saturated carbocycles. The van der Waals surface area contributed by atoms with Gasteiger partial charge < -0.3 is 14.2 Å². The number of hydrogen-bond acceptors (Lipinski definition) is 4. The summed E-state index contributed by atoms with van der Waals surface area (Å²) in [5.74, 6) is -0.356. The molecule has 1 rings (SSSR count). The van der Waals surface area contributed by atoms with E-state index in [9.17, 15) is 14.3 Å². The molecule has 0 spiro atoms. The van der Waals surface area contributed by atoms with Crippen molar-refractivity contribution in [3.8, 4) is 0 Å². The SMILES string of the molecule is CCCCCC/C=C\CCCCCCCC(=O)OCC1COP(=O)(O)C1. The molecular weight excluding hydrogens is 351 g/mol. The van der Waals surface area contributed by atoms with E-state index in [1.807, 2.05) is 0 Å². The molecule has 1 aliphatic rings. The molecule has 0 aromatic carbocycles. The lowest BCUT2D eigenvalue weighted by Gasteiger charge is -2.08. The van der Waals surface area contributed by atoms with Gasteiger partial charge in [-0.15, -0.1) is 0 Å². The summed E-state index contributed by atoms with van der Waals surface area (Å²) in [5.41, 5.74) is 0. The molecule has 0 aromatic heterocycles. The molecule has 2 unspecified atom stereocenters. The minimum absolute atomic E-state index is 0.0907. The Morgan fingerprint density at radius 2 is 1.69 bits per heavy atom. The summed E-state index contributed by atoms with van der Waals surface area (Å²) >= 11 is 0. The average Bonchev–Trinajstić information content (AvgIpc) is 2.96. The topological polar surface area (TPSA) is 72.8 Å². The zero-order chi connectivity index (χ0) is 19.1. The maximum atomic E-state index is 11.7. The fraction of sp³-hybridized carbons (Fsp3) is 0.850. The number of allylic oxidation sites excluding steroid dienone is 2. The summed E-state index contributed by atoms with van der Waals surface area (Å²) in [6, 6.07) is 0. The number of unbranched alkanes of at least 4 members (excludes halogenated alkanes) is 9. The van der Waals surface area contributed by atoms with Crippen LogP contribution in [0, 0.1) is 5.92 Å². The molecule has 6 heteroatoms. The molecule has 0 aromatic rings. The normalized spacial score (nSPS) is 22.9. The molecule has 152 valence electrons. The van der Waals surface area contributed by atoms with E-state index in [4.69, 9.17) is 9.26 Å². The van der Waals surface area contributed by atoms with Crippen molar-refractivity contribution < 1.29 is 23.5 Å². The third kappa shape index (κ3) is 12.7. The Hall–Kier alpha value is -0.640. The summed E-state index contributed by atoms with van der Waals surface area (Å²) in [6.07, 6.45) is 18.3. The van der Waals surface area contributed by atoms with E-state index in [-0.39, 0.29) is 31.3 Å². The van der Waals surface area contributed by atoms with Crippen molar-refractivity contribution in [1.82, 2.24) is 0 Å². The predicted octanol–water partition coefficient (Wildman–Crippen LogP) is 5.62. The highest BCUT2D eigenvalue weighted by Crippen LogP contribution is 2.49. The van der Waals surface area contributed by atoms with E-state index in [1.165, 1.54) is 44.9 Å². The minimum atomic E-state index is -3.41. The molecule has 0 amide bonds. The number of carbonyl (C=O) groups is 1. The summed E-state index contributed by atoms with van der Waals surface area (Å²) in [6.45, 7) is 2.63. The first kappa shape index (κ1) is 23.4. The Balaban J connectivity index is 1.84. The van der Waals surface area contributed by atoms with Crippen molar-refractivity contribution in [2.45, 2.75) is 84.0 Å². The Kier molecular flexibility index (Phi) is 13.0. The minimum Gasteiger partial charge on any atom is -0.465 e. The highest BCUT2D eigenvalue weighted by Gasteiger charge is 2.34. The van der Waals surface area contributed by atoms with Crippen molar-refractivity contribution in [3.05, 3.63) is 12.2 Å². The van der Waals surface area contributed by atoms with Crippen LogP contribution in [0.5, 0.6) is 0 Å². The smallest absolute Gasteiger partial charge is 0.328 e. The van der Waals surface area contributed by atoms with Crippen LogP contribution in [-0.2, 0) is 18.6 Å². The fourth-order valence-corrected chi connectivity index (χ4v) is 4.44. The number of ether oxygens (including phenoxy) is 1. The maximum Gasteiger partial charge on any atom is 0.328 e. The highest BCUT2D eigenvalue weighted by molar-refractivity contribution is 7.53. The summed E-state index contributed by atoms with van der Waals surface area (Å²) < 4.78 is 21.2. The van der Waals surface area contributed by atoms with Gasteiger partial charge in [-0.1, -0.05) is 57.6 Å². The fourth-order valence-electron chi connectivity index (χ4n) is 3.02. The van der Waals surface area contributed by atoms with E-state index >= 15 is 0 Å². The number of carbonyl (C=O) groups excluding carboxylic acids is 1. The second-order valence-electron chi connectivity index (χ2n) is 7.29. The quantitative estimate of drug-likeness (QED) is 0.171. The Labute approximate surface area is 159 Å². The van der Waals surface area contributed by atoms with Crippen LogP contribution >= 0.6 is 7.60 Å². The van der Waals surface area contributed by atoms with Gasteiger partial charge in [0.05, 0.1) is 19.4 Å². The van der Waals surface area contributed by atoms with E-state index in [0.29, 0.717) is 6.42 Å². The molecule has 0 aliphatic carbocycles. The van der Waals surface area contributed by atoms with Crippen molar-refractivity contribution >= 4 is 13.6 Å². The van der Waals surface area contributed by atoms with Crippen molar-refractivity contribution in [2.75, 3.05) is 19.4 Å². The van der Waals surface area contributed by atoms with Gasteiger partial charge in [-0.05, 0) is 32.1 Å². The number of hydrogen-bond donors (Lipinski definition) is 1. The third-order valence-electron chi connectivity index (χ3n) is 4.62. The van der Waals surface area contributed by atoms with Crippen LogP contribution in [0.1, 0.15) is 84.0 Å². The molecule has 1 saturated heterocycles. The van der Waals surface area contributed by atoms with Crippen molar-refractivity contribution in [1.29, 1.82) is 0 Å². The summed E-state index contributed by atoms with van der Waals surface area (Å²) in [7, 11) is -3.41. The van der Waals surface area contributed by atoms with E-state index < -0.39 is 7.60 Å². The molecule has 26 heavy (non-hydrogen) atoms. The third-order valence-corrected chi connectivity index (χ3v) is 6.15. The first-order valence-electron chi connectivity index (χ1n) is 10.3. The molecule has 1 heterocycles. The molecule has 0 bridgehead atoms. The Morgan fingerprint density at radius 3 is 2.31 bits per heavy atom. The van der Waals surface area contributed by atoms with Crippen molar-refractivity contribution in [2.24, 2.45) is 5.92 Å². The average molecular weight is 388 g/mol. The van der Waals surface area contributed by atoms with E-state index in [2.05, 4.69) is 19.1 Å².